The Hall–Kier alpha value is -2.98. The summed E-state index contributed by atoms with van der Waals surface area (Å²) in [6.07, 6.45) is 10.6. The van der Waals surface area contributed by atoms with Gasteiger partial charge in [-0.3, -0.25) is 10.1 Å². The number of nitrogens with one attached hydrogen (secondary N) is 1. The molecule has 1 aliphatic rings. The van der Waals surface area contributed by atoms with Gasteiger partial charge in [-0.25, -0.2) is 4.52 Å². The summed E-state index contributed by atoms with van der Waals surface area (Å²) < 4.78 is 3.92. The lowest BCUT2D eigenvalue weighted by molar-refractivity contribution is -0.117. The molecule has 6 nitrogen and oxygen atoms in total. The van der Waals surface area contributed by atoms with E-state index in [2.05, 4.69) is 56.7 Å². The molecule has 1 amide bonds. The number of nitrogens with zero attached hydrogens (tertiary/aromatic N) is 4. The summed E-state index contributed by atoms with van der Waals surface area (Å²) in [5, 5.41) is 8.41. The second-order valence-electron chi connectivity index (χ2n) is 6.81. The number of aromatic nitrogens is 4. The van der Waals surface area contributed by atoms with Gasteiger partial charge in [-0.2, -0.15) is 4.98 Å². The highest BCUT2D eigenvalue weighted by Gasteiger charge is 2.30. The first-order valence-electron chi connectivity index (χ1n) is 8.91. The minimum atomic E-state index is 0.0138. The molecule has 1 fully saturated rings. The van der Waals surface area contributed by atoms with Gasteiger partial charge < -0.3 is 4.57 Å². The molecule has 0 spiro atoms. The average molecular weight is 375 g/mol. The van der Waals surface area contributed by atoms with Crippen LogP contribution in [0.5, 0.6) is 0 Å². The SMILES string of the molecule is C=PCn1ccc2cc(-c3cccn4nc(NC(=O)C5CC5)nc34)ccc21. The summed E-state index contributed by atoms with van der Waals surface area (Å²) in [4.78, 5) is 16.6. The molecule has 1 aliphatic carbocycles. The molecule has 1 aromatic carbocycles. The first-order valence-corrected chi connectivity index (χ1v) is 10.2. The fourth-order valence-electron chi connectivity index (χ4n) is 3.34. The van der Waals surface area contributed by atoms with Gasteiger partial charge >= 0.3 is 0 Å². The van der Waals surface area contributed by atoms with Crippen LogP contribution in [0, 0.1) is 5.92 Å². The van der Waals surface area contributed by atoms with Crippen LogP contribution in [-0.4, -0.2) is 31.4 Å². The number of hydrogen-bond acceptors (Lipinski definition) is 3. The van der Waals surface area contributed by atoms with Crippen LogP contribution in [0.3, 0.4) is 0 Å². The van der Waals surface area contributed by atoms with Gasteiger partial charge in [-0.1, -0.05) is 20.6 Å². The first kappa shape index (κ1) is 16.2. The maximum Gasteiger partial charge on any atom is 0.249 e. The number of benzene rings is 1. The quantitative estimate of drug-likeness (QED) is 0.536. The second-order valence-corrected chi connectivity index (χ2v) is 7.54. The van der Waals surface area contributed by atoms with E-state index in [9.17, 15) is 4.79 Å². The summed E-state index contributed by atoms with van der Waals surface area (Å²) in [5.74, 6) is 0.501. The van der Waals surface area contributed by atoms with E-state index < -0.39 is 0 Å². The van der Waals surface area contributed by atoms with Crippen LogP contribution in [0.2, 0.25) is 0 Å². The standard InChI is InChI=1S/C20H18N5OP/c1-27-12-24-10-8-15-11-14(6-7-17(15)24)16-3-2-9-25-18(16)21-20(23-25)22-19(26)13-4-5-13/h2-3,6-11,13H,1,4-5,12H2,(H,22,23,26). The number of rotatable bonds is 5. The van der Waals surface area contributed by atoms with Crippen molar-refractivity contribution in [1.29, 1.82) is 0 Å². The third kappa shape index (κ3) is 2.92. The Morgan fingerprint density at radius 3 is 2.96 bits per heavy atom. The predicted molar refractivity (Wildman–Crippen MR) is 109 cm³/mol. The maximum atomic E-state index is 12.0. The van der Waals surface area contributed by atoms with E-state index in [1.54, 1.807) is 4.52 Å². The molecule has 0 unspecified atom stereocenters. The van der Waals surface area contributed by atoms with Crippen LogP contribution >= 0.6 is 8.20 Å². The molecule has 7 heteroatoms. The highest BCUT2D eigenvalue weighted by Crippen LogP contribution is 2.31. The molecule has 0 atom stereocenters. The molecule has 27 heavy (non-hydrogen) atoms. The van der Waals surface area contributed by atoms with Gasteiger partial charge in [0.15, 0.2) is 5.65 Å². The lowest BCUT2D eigenvalue weighted by Crippen LogP contribution is -2.14. The van der Waals surface area contributed by atoms with Gasteiger partial charge in [0.1, 0.15) is 0 Å². The molecule has 0 aliphatic heterocycles. The van der Waals surface area contributed by atoms with Crippen molar-refractivity contribution in [3.05, 3.63) is 48.8 Å². The number of hydrogen-bond donors (Lipinski definition) is 1. The van der Waals surface area contributed by atoms with Gasteiger partial charge in [0, 0.05) is 34.8 Å². The Bertz CT molecular complexity index is 1190. The molecule has 5 rings (SSSR count). The Balaban J connectivity index is 1.55. The monoisotopic (exact) mass is 375 g/mol. The van der Waals surface area contributed by atoms with Gasteiger partial charge in [0.2, 0.25) is 11.9 Å². The number of pyridine rings is 1. The highest BCUT2D eigenvalue weighted by atomic mass is 31.1. The third-order valence-corrected chi connectivity index (χ3v) is 5.38. The fraction of sp³-hybridized carbons (Fsp3) is 0.200. The van der Waals surface area contributed by atoms with Crippen LogP contribution in [0.1, 0.15) is 12.8 Å². The zero-order chi connectivity index (χ0) is 18.4. The molecule has 0 saturated heterocycles. The molecule has 3 heterocycles. The summed E-state index contributed by atoms with van der Waals surface area (Å²) in [6, 6.07) is 12.5. The Kier molecular flexibility index (Phi) is 3.80. The van der Waals surface area contributed by atoms with Crippen LogP contribution in [0.4, 0.5) is 5.95 Å². The molecular weight excluding hydrogens is 357 g/mol. The summed E-state index contributed by atoms with van der Waals surface area (Å²) in [7, 11) is 1.09. The predicted octanol–water partition coefficient (Wildman–Crippen LogP) is 4.04. The molecule has 134 valence electrons. The van der Waals surface area contributed by atoms with Crippen molar-refractivity contribution in [2.24, 2.45) is 5.92 Å². The van der Waals surface area contributed by atoms with Crippen molar-refractivity contribution >= 4 is 42.9 Å². The van der Waals surface area contributed by atoms with Crippen molar-refractivity contribution in [1.82, 2.24) is 19.2 Å². The first-order chi connectivity index (χ1) is 13.2. The Morgan fingerprint density at radius 1 is 1.26 bits per heavy atom. The van der Waals surface area contributed by atoms with Gasteiger partial charge in [0.25, 0.3) is 0 Å². The molecule has 0 bridgehead atoms. The van der Waals surface area contributed by atoms with E-state index in [0.29, 0.717) is 5.95 Å². The Labute approximate surface area is 157 Å². The topological polar surface area (TPSA) is 64.2 Å². The van der Waals surface area contributed by atoms with E-state index >= 15 is 0 Å². The molecule has 1 N–H and O–H groups in total. The summed E-state index contributed by atoms with van der Waals surface area (Å²) >= 11 is 0. The Morgan fingerprint density at radius 2 is 2.15 bits per heavy atom. The number of anilines is 1. The van der Waals surface area contributed by atoms with Crippen molar-refractivity contribution in [2.75, 3.05) is 5.32 Å². The highest BCUT2D eigenvalue weighted by molar-refractivity contribution is 7.35. The third-order valence-electron chi connectivity index (χ3n) is 4.88. The average Bonchev–Trinajstić information content (AvgIpc) is 3.34. The summed E-state index contributed by atoms with van der Waals surface area (Å²) in [6.45, 7) is 0. The lowest BCUT2D eigenvalue weighted by Gasteiger charge is -2.05. The van der Waals surface area contributed by atoms with E-state index in [-0.39, 0.29) is 11.8 Å². The maximum absolute atomic E-state index is 12.0. The zero-order valence-electron chi connectivity index (χ0n) is 14.7. The summed E-state index contributed by atoms with van der Waals surface area (Å²) in [5.41, 5.74) is 3.99. The molecule has 4 aromatic rings. The number of amides is 1. The van der Waals surface area contributed by atoms with E-state index in [4.69, 9.17) is 0 Å². The van der Waals surface area contributed by atoms with Gasteiger partial charge in [0.05, 0.1) is 6.29 Å². The zero-order valence-corrected chi connectivity index (χ0v) is 15.6. The second kappa shape index (κ2) is 6.32. The minimum Gasteiger partial charge on any atom is -0.339 e. The molecule has 3 aromatic heterocycles. The van der Waals surface area contributed by atoms with Crippen LogP contribution in [0.15, 0.2) is 48.8 Å². The van der Waals surface area contributed by atoms with Crippen molar-refractivity contribution in [3.8, 4) is 11.1 Å². The molecular formula is C20H18N5OP. The molecule has 0 radical (unpaired) electrons. The van der Waals surface area contributed by atoms with Crippen LogP contribution < -0.4 is 5.32 Å². The van der Waals surface area contributed by atoms with Crippen LogP contribution in [0.25, 0.3) is 27.7 Å². The van der Waals surface area contributed by atoms with Gasteiger partial charge in [-0.05, 0) is 48.7 Å². The fourth-order valence-corrected chi connectivity index (χ4v) is 3.80. The van der Waals surface area contributed by atoms with Crippen molar-refractivity contribution in [2.45, 2.75) is 19.1 Å². The largest absolute Gasteiger partial charge is 0.339 e. The smallest absolute Gasteiger partial charge is 0.249 e. The lowest BCUT2D eigenvalue weighted by atomic mass is 10.1. The number of fused-ring (bicyclic) bond motifs is 2. The van der Waals surface area contributed by atoms with Crippen LogP contribution in [-0.2, 0) is 11.1 Å². The number of carbonyl (C=O) groups excluding carboxylic acids is 1. The van der Waals surface area contributed by atoms with E-state index in [0.717, 1.165) is 44.1 Å². The normalized spacial score (nSPS) is 14.2. The number of carbonyl (C=O) groups is 1. The van der Waals surface area contributed by atoms with Crippen molar-refractivity contribution < 1.29 is 4.79 Å². The van der Waals surface area contributed by atoms with E-state index in [1.165, 1.54) is 10.9 Å². The van der Waals surface area contributed by atoms with Gasteiger partial charge in [-0.15, -0.1) is 5.10 Å². The minimum absolute atomic E-state index is 0.0138. The molecule has 1 saturated carbocycles. The van der Waals surface area contributed by atoms with E-state index in [1.807, 2.05) is 18.3 Å². The van der Waals surface area contributed by atoms with Crippen molar-refractivity contribution in [3.63, 3.8) is 0 Å².